The number of imide groups is 1. The van der Waals surface area contributed by atoms with E-state index >= 15 is 0 Å². The highest BCUT2D eigenvalue weighted by Crippen LogP contribution is 2.11. The number of amides is 3. The van der Waals surface area contributed by atoms with Crippen molar-refractivity contribution in [2.75, 3.05) is 6.54 Å². The molecule has 0 aromatic carbocycles. The second kappa shape index (κ2) is 3.35. The van der Waals surface area contributed by atoms with Crippen LogP contribution in [0.25, 0.3) is 0 Å². The van der Waals surface area contributed by atoms with Gasteiger partial charge >= 0.3 is 0 Å². The van der Waals surface area contributed by atoms with Gasteiger partial charge in [0.15, 0.2) is 0 Å². The van der Waals surface area contributed by atoms with Gasteiger partial charge in [-0.3, -0.25) is 24.7 Å². The molecule has 1 atom stereocenters. The maximum Gasteiger partial charge on any atom is 0.253 e. The number of carbonyl (C=O) groups excluding carboxylic acids is 3. The van der Waals surface area contributed by atoms with E-state index in [1.54, 1.807) is 0 Å². The maximum absolute atomic E-state index is 11.3. The van der Waals surface area contributed by atoms with Gasteiger partial charge in [0, 0.05) is 6.42 Å². The van der Waals surface area contributed by atoms with E-state index in [-0.39, 0.29) is 24.8 Å². The molecule has 76 valence electrons. The number of nitrogens with zero attached hydrogens (tertiary/aromatic N) is 1. The molecule has 0 radical (unpaired) electrons. The van der Waals surface area contributed by atoms with Crippen LogP contribution in [0.4, 0.5) is 0 Å². The molecule has 2 saturated heterocycles. The smallest absolute Gasteiger partial charge is 0.253 e. The molecule has 0 bridgehead atoms. The second-order valence-electron chi connectivity index (χ2n) is 3.20. The lowest BCUT2D eigenvalue weighted by Gasteiger charge is -2.28. The SMILES string of the molecule is O=C1CCC(N2NNCC2=O)C(=O)N1. The minimum atomic E-state index is -0.588. The predicted octanol–water partition coefficient (Wildman–Crippen LogP) is -2.36. The van der Waals surface area contributed by atoms with E-state index in [1.165, 1.54) is 5.01 Å². The first-order valence-corrected chi connectivity index (χ1v) is 4.33. The molecule has 0 saturated carbocycles. The Morgan fingerprint density at radius 2 is 2.07 bits per heavy atom. The fourth-order valence-corrected chi connectivity index (χ4v) is 1.53. The summed E-state index contributed by atoms with van der Waals surface area (Å²) >= 11 is 0. The summed E-state index contributed by atoms with van der Waals surface area (Å²) in [5.41, 5.74) is 5.20. The van der Waals surface area contributed by atoms with Crippen LogP contribution in [0.3, 0.4) is 0 Å². The first-order valence-electron chi connectivity index (χ1n) is 4.33. The third kappa shape index (κ3) is 1.47. The monoisotopic (exact) mass is 198 g/mol. The van der Waals surface area contributed by atoms with Gasteiger partial charge in [-0.25, -0.2) is 5.43 Å². The van der Waals surface area contributed by atoms with E-state index < -0.39 is 11.9 Å². The third-order valence-electron chi connectivity index (χ3n) is 2.23. The molecule has 2 aliphatic rings. The maximum atomic E-state index is 11.3. The van der Waals surface area contributed by atoms with E-state index in [4.69, 9.17) is 0 Å². The molecule has 1 unspecified atom stereocenters. The number of carbonyl (C=O) groups is 3. The minimum absolute atomic E-state index is 0.164. The summed E-state index contributed by atoms with van der Waals surface area (Å²) < 4.78 is 0. The van der Waals surface area contributed by atoms with Crippen molar-refractivity contribution in [1.29, 1.82) is 0 Å². The quantitative estimate of drug-likeness (QED) is 0.410. The van der Waals surface area contributed by atoms with Gasteiger partial charge in [-0.15, -0.1) is 0 Å². The molecular weight excluding hydrogens is 188 g/mol. The highest BCUT2D eigenvalue weighted by Gasteiger charge is 2.36. The van der Waals surface area contributed by atoms with E-state index in [9.17, 15) is 14.4 Å². The van der Waals surface area contributed by atoms with Crippen LogP contribution in [0.15, 0.2) is 0 Å². The zero-order valence-electron chi connectivity index (χ0n) is 7.37. The van der Waals surface area contributed by atoms with Crippen molar-refractivity contribution in [3.05, 3.63) is 0 Å². The molecule has 14 heavy (non-hydrogen) atoms. The number of hydrazine groups is 2. The summed E-state index contributed by atoms with van der Waals surface area (Å²) in [7, 11) is 0. The Kier molecular flexibility index (Phi) is 2.18. The Bertz CT molecular complexity index is 303. The summed E-state index contributed by atoms with van der Waals surface area (Å²) in [5.74, 6) is -0.906. The van der Waals surface area contributed by atoms with Gasteiger partial charge in [0.25, 0.3) is 11.8 Å². The fourth-order valence-electron chi connectivity index (χ4n) is 1.53. The van der Waals surface area contributed by atoms with Crippen LogP contribution < -0.4 is 16.3 Å². The molecule has 2 aliphatic heterocycles. The topological polar surface area (TPSA) is 90.5 Å². The van der Waals surface area contributed by atoms with Gasteiger partial charge < -0.3 is 0 Å². The highest BCUT2D eigenvalue weighted by atomic mass is 16.2. The van der Waals surface area contributed by atoms with Gasteiger partial charge in [-0.05, 0) is 6.42 Å². The van der Waals surface area contributed by atoms with Crippen molar-refractivity contribution in [3.63, 3.8) is 0 Å². The zero-order chi connectivity index (χ0) is 10.1. The zero-order valence-corrected chi connectivity index (χ0v) is 7.37. The van der Waals surface area contributed by atoms with Gasteiger partial charge in [0.1, 0.15) is 6.04 Å². The van der Waals surface area contributed by atoms with E-state index in [2.05, 4.69) is 16.3 Å². The van der Waals surface area contributed by atoms with Gasteiger partial charge in [-0.2, -0.15) is 5.53 Å². The molecule has 3 N–H and O–H groups in total. The Morgan fingerprint density at radius 3 is 2.64 bits per heavy atom. The second-order valence-corrected chi connectivity index (χ2v) is 3.20. The normalized spacial score (nSPS) is 28.1. The van der Waals surface area contributed by atoms with Gasteiger partial charge in [-0.1, -0.05) is 0 Å². The number of rotatable bonds is 1. The molecular formula is C7H10N4O3. The largest absolute Gasteiger partial charge is 0.295 e. The predicted molar refractivity (Wildman–Crippen MR) is 44.2 cm³/mol. The number of hydrogen-bond donors (Lipinski definition) is 3. The summed E-state index contributed by atoms with van der Waals surface area (Å²) in [4.78, 5) is 33.4. The summed E-state index contributed by atoms with van der Waals surface area (Å²) in [5, 5.41) is 3.41. The third-order valence-corrected chi connectivity index (χ3v) is 2.23. The lowest BCUT2D eigenvalue weighted by atomic mass is 10.1. The van der Waals surface area contributed by atoms with Crippen molar-refractivity contribution in [3.8, 4) is 0 Å². The Balaban J connectivity index is 2.07. The molecule has 2 rings (SSSR count). The van der Waals surface area contributed by atoms with Crippen molar-refractivity contribution in [2.45, 2.75) is 18.9 Å². The highest BCUT2D eigenvalue weighted by molar-refractivity contribution is 6.01. The summed E-state index contributed by atoms with van der Waals surface area (Å²) in [6.07, 6.45) is 0.632. The fraction of sp³-hybridized carbons (Fsp3) is 0.571. The molecule has 7 heteroatoms. The molecule has 7 nitrogen and oxygen atoms in total. The summed E-state index contributed by atoms with van der Waals surface area (Å²) in [6, 6.07) is -0.588. The molecule has 3 amide bonds. The Hall–Kier alpha value is -1.47. The molecule has 0 aliphatic carbocycles. The Labute approximate surface area is 79.8 Å². The molecule has 2 heterocycles. The van der Waals surface area contributed by atoms with Crippen LogP contribution in [0.1, 0.15) is 12.8 Å². The van der Waals surface area contributed by atoms with Crippen molar-refractivity contribution in [2.24, 2.45) is 0 Å². The first kappa shape index (κ1) is 9.10. The number of nitrogens with one attached hydrogen (secondary N) is 3. The van der Waals surface area contributed by atoms with Crippen LogP contribution in [0.2, 0.25) is 0 Å². The number of piperidine rings is 1. The van der Waals surface area contributed by atoms with Crippen LogP contribution in [0, 0.1) is 0 Å². The van der Waals surface area contributed by atoms with Crippen LogP contribution in [-0.4, -0.2) is 35.3 Å². The van der Waals surface area contributed by atoms with Gasteiger partial charge in [0.2, 0.25) is 5.91 Å². The van der Waals surface area contributed by atoms with Crippen molar-refractivity contribution < 1.29 is 14.4 Å². The average Bonchev–Trinajstić information content (AvgIpc) is 2.52. The molecule has 2 fully saturated rings. The van der Waals surface area contributed by atoms with Crippen LogP contribution in [0.5, 0.6) is 0 Å². The van der Waals surface area contributed by atoms with E-state index in [1.807, 2.05) is 0 Å². The van der Waals surface area contributed by atoms with Gasteiger partial charge in [0.05, 0.1) is 6.54 Å². The van der Waals surface area contributed by atoms with E-state index in [0.717, 1.165) is 0 Å². The van der Waals surface area contributed by atoms with Crippen molar-refractivity contribution in [1.82, 2.24) is 21.3 Å². The first-order chi connectivity index (χ1) is 6.68. The molecule has 0 aromatic heterocycles. The van der Waals surface area contributed by atoms with Crippen LogP contribution >= 0.6 is 0 Å². The summed E-state index contributed by atoms with van der Waals surface area (Å²) in [6.45, 7) is 0.164. The van der Waals surface area contributed by atoms with E-state index in [0.29, 0.717) is 6.42 Å². The lowest BCUT2D eigenvalue weighted by molar-refractivity contribution is -0.145. The van der Waals surface area contributed by atoms with Crippen LogP contribution in [-0.2, 0) is 14.4 Å². The molecule has 0 aromatic rings. The molecule has 0 spiro atoms. The average molecular weight is 198 g/mol. The lowest BCUT2D eigenvalue weighted by Crippen LogP contribution is -2.56. The standard InChI is InChI=1S/C7H10N4O3/c12-5-2-1-4(7(14)9-5)11-6(13)3-8-10-11/h4,8,10H,1-3H2,(H,9,12,14). The van der Waals surface area contributed by atoms with Crippen molar-refractivity contribution >= 4 is 17.7 Å². The number of hydrogen-bond acceptors (Lipinski definition) is 5. The minimum Gasteiger partial charge on any atom is -0.295 e. The Morgan fingerprint density at radius 1 is 1.29 bits per heavy atom.